The molecule has 0 aromatic carbocycles. The summed E-state index contributed by atoms with van der Waals surface area (Å²) < 4.78 is 0. The van der Waals surface area contributed by atoms with E-state index in [9.17, 15) is 9.59 Å². The van der Waals surface area contributed by atoms with Gasteiger partial charge in [-0.15, -0.1) is 0 Å². The van der Waals surface area contributed by atoms with Crippen molar-refractivity contribution in [1.82, 2.24) is 10.6 Å². The zero-order valence-corrected chi connectivity index (χ0v) is 11.6. The zero-order chi connectivity index (χ0) is 14.3. The SMILES string of the molecule is C=C1C=CC(=N)C(NC(=O)CCNC(=O)CSC)=C1. The molecule has 5 nitrogen and oxygen atoms in total. The average Bonchev–Trinajstić information content (AvgIpc) is 2.34. The third-order valence-electron chi connectivity index (χ3n) is 2.31. The molecule has 19 heavy (non-hydrogen) atoms. The minimum atomic E-state index is -0.233. The number of allylic oxidation sites excluding steroid dienone is 4. The van der Waals surface area contributed by atoms with Crippen molar-refractivity contribution in [2.24, 2.45) is 0 Å². The van der Waals surface area contributed by atoms with Crippen molar-refractivity contribution in [1.29, 1.82) is 5.41 Å². The summed E-state index contributed by atoms with van der Waals surface area (Å²) in [5.74, 6) is 0.0759. The van der Waals surface area contributed by atoms with Gasteiger partial charge in [0.25, 0.3) is 0 Å². The van der Waals surface area contributed by atoms with Crippen LogP contribution in [0.1, 0.15) is 6.42 Å². The van der Waals surface area contributed by atoms with Gasteiger partial charge in [-0.3, -0.25) is 15.0 Å². The molecule has 0 aliphatic heterocycles. The van der Waals surface area contributed by atoms with Crippen LogP contribution in [0.25, 0.3) is 0 Å². The van der Waals surface area contributed by atoms with Gasteiger partial charge < -0.3 is 10.6 Å². The Hall–Kier alpha value is -1.82. The van der Waals surface area contributed by atoms with Crippen molar-refractivity contribution in [3.8, 4) is 0 Å². The number of amides is 2. The summed E-state index contributed by atoms with van der Waals surface area (Å²) in [5, 5.41) is 12.9. The molecule has 0 saturated heterocycles. The van der Waals surface area contributed by atoms with E-state index < -0.39 is 0 Å². The smallest absolute Gasteiger partial charge is 0.229 e. The van der Waals surface area contributed by atoms with Crippen molar-refractivity contribution in [2.45, 2.75) is 6.42 Å². The zero-order valence-electron chi connectivity index (χ0n) is 10.8. The second-order valence-electron chi connectivity index (χ2n) is 3.96. The van der Waals surface area contributed by atoms with Crippen LogP contribution in [0.2, 0.25) is 0 Å². The number of nitrogens with one attached hydrogen (secondary N) is 3. The van der Waals surface area contributed by atoms with Crippen LogP contribution in [-0.2, 0) is 9.59 Å². The molecule has 0 aromatic rings. The van der Waals surface area contributed by atoms with Gasteiger partial charge in [0, 0.05) is 13.0 Å². The Kier molecular flexibility index (Phi) is 6.08. The minimum absolute atomic E-state index is 0.0822. The number of thioether (sulfide) groups is 1. The first-order valence-electron chi connectivity index (χ1n) is 5.76. The fourth-order valence-corrected chi connectivity index (χ4v) is 1.77. The van der Waals surface area contributed by atoms with Gasteiger partial charge in [-0.2, -0.15) is 11.8 Å². The summed E-state index contributed by atoms with van der Waals surface area (Å²) in [6.45, 7) is 4.04. The fraction of sp³-hybridized carbons (Fsp3) is 0.308. The van der Waals surface area contributed by atoms with Crippen LogP contribution in [0.3, 0.4) is 0 Å². The molecule has 0 heterocycles. The van der Waals surface area contributed by atoms with Crippen LogP contribution < -0.4 is 10.6 Å². The molecule has 0 atom stereocenters. The molecule has 1 aliphatic rings. The van der Waals surface area contributed by atoms with Crippen molar-refractivity contribution >= 4 is 29.3 Å². The van der Waals surface area contributed by atoms with Gasteiger partial charge in [0.2, 0.25) is 11.8 Å². The lowest BCUT2D eigenvalue weighted by Crippen LogP contribution is -2.32. The summed E-state index contributed by atoms with van der Waals surface area (Å²) in [5.41, 5.74) is 1.42. The second-order valence-corrected chi connectivity index (χ2v) is 4.83. The highest BCUT2D eigenvalue weighted by molar-refractivity contribution is 7.99. The second kappa shape index (κ2) is 7.58. The molecule has 0 saturated carbocycles. The van der Waals surface area contributed by atoms with Gasteiger partial charge in [0.1, 0.15) is 0 Å². The predicted molar refractivity (Wildman–Crippen MR) is 78.2 cm³/mol. The molecule has 1 rings (SSSR count). The first-order chi connectivity index (χ1) is 9.02. The van der Waals surface area contributed by atoms with Crippen molar-refractivity contribution in [3.63, 3.8) is 0 Å². The standard InChI is InChI=1S/C13H17N3O2S/c1-9-3-4-10(14)11(7-9)16-12(17)5-6-15-13(18)8-19-2/h3-4,7,14H,1,5-6,8H2,2H3,(H,15,18)(H,16,17). The number of carbonyl (C=O) groups excluding carboxylic acids is 2. The van der Waals surface area contributed by atoms with Crippen LogP contribution in [0.4, 0.5) is 0 Å². The maximum Gasteiger partial charge on any atom is 0.229 e. The molecule has 6 heteroatoms. The van der Waals surface area contributed by atoms with E-state index >= 15 is 0 Å². The van der Waals surface area contributed by atoms with Crippen LogP contribution >= 0.6 is 11.8 Å². The Morgan fingerprint density at radius 3 is 2.79 bits per heavy atom. The van der Waals surface area contributed by atoms with Crippen molar-refractivity contribution in [2.75, 3.05) is 18.6 Å². The molecule has 0 unspecified atom stereocenters. The van der Waals surface area contributed by atoms with Gasteiger partial charge >= 0.3 is 0 Å². The highest BCUT2D eigenvalue weighted by Crippen LogP contribution is 2.09. The van der Waals surface area contributed by atoms with Gasteiger partial charge in [0.05, 0.1) is 17.2 Å². The van der Waals surface area contributed by atoms with Gasteiger partial charge in [0.15, 0.2) is 0 Å². The summed E-state index contributed by atoms with van der Waals surface area (Å²) in [7, 11) is 0. The maximum atomic E-state index is 11.6. The molecular weight excluding hydrogens is 262 g/mol. The Balaban J connectivity index is 2.34. The molecule has 0 spiro atoms. The lowest BCUT2D eigenvalue weighted by Gasteiger charge is -2.12. The highest BCUT2D eigenvalue weighted by atomic mass is 32.2. The van der Waals surface area contributed by atoms with E-state index in [2.05, 4.69) is 17.2 Å². The fourth-order valence-electron chi connectivity index (χ4n) is 1.41. The molecule has 0 radical (unpaired) electrons. The molecular formula is C13H17N3O2S. The topological polar surface area (TPSA) is 82.1 Å². The van der Waals surface area contributed by atoms with E-state index in [-0.39, 0.29) is 23.9 Å². The Morgan fingerprint density at radius 1 is 1.37 bits per heavy atom. The first-order valence-corrected chi connectivity index (χ1v) is 7.15. The van der Waals surface area contributed by atoms with Gasteiger partial charge in [-0.05, 0) is 24.0 Å². The lowest BCUT2D eigenvalue weighted by atomic mass is 10.1. The van der Waals surface area contributed by atoms with E-state index in [0.29, 0.717) is 18.0 Å². The lowest BCUT2D eigenvalue weighted by molar-refractivity contribution is -0.120. The predicted octanol–water partition coefficient (Wildman–Crippen LogP) is 1.00. The summed E-state index contributed by atoms with van der Waals surface area (Å²) in [6.07, 6.45) is 6.96. The monoisotopic (exact) mass is 279 g/mol. The summed E-state index contributed by atoms with van der Waals surface area (Å²) >= 11 is 1.43. The highest BCUT2D eigenvalue weighted by Gasteiger charge is 2.11. The molecule has 1 aliphatic carbocycles. The van der Waals surface area contributed by atoms with Crippen LogP contribution in [-0.4, -0.2) is 36.1 Å². The molecule has 3 N–H and O–H groups in total. The van der Waals surface area contributed by atoms with Crippen LogP contribution in [0.5, 0.6) is 0 Å². The summed E-state index contributed by atoms with van der Waals surface area (Å²) in [4.78, 5) is 22.8. The number of rotatable bonds is 6. The average molecular weight is 279 g/mol. The Morgan fingerprint density at radius 2 is 2.11 bits per heavy atom. The number of carbonyl (C=O) groups is 2. The third kappa shape index (κ3) is 5.56. The molecule has 0 aromatic heterocycles. The van der Waals surface area contributed by atoms with Crippen LogP contribution in [0.15, 0.2) is 36.1 Å². The Bertz CT molecular complexity index is 467. The van der Waals surface area contributed by atoms with Gasteiger partial charge in [-0.25, -0.2) is 0 Å². The molecule has 0 bridgehead atoms. The van der Waals surface area contributed by atoms with Crippen molar-refractivity contribution in [3.05, 3.63) is 36.1 Å². The van der Waals surface area contributed by atoms with E-state index in [0.717, 1.165) is 5.57 Å². The maximum absolute atomic E-state index is 11.6. The third-order valence-corrected chi connectivity index (χ3v) is 2.86. The quantitative estimate of drug-likeness (QED) is 0.678. The van der Waals surface area contributed by atoms with E-state index in [1.807, 2.05) is 6.26 Å². The number of hydrogen-bond donors (Lipinski definition) is 3. The first kappa shape index (κ1) is 15.2. The largest absolute Gasteiger partial charge is 0.355 e. The minimum Gasteiger partial charge on any atom is -0.355 e. The van der Waals surface area contributed by atoms with E-state index in [4.69, 9.17) is 5.41 Å². The summed E-state index contributed by atoms with van der Waals surface area (Å²) in [6, 6.07) is 0. The van der Waals surface area contributed by atoms with Gasteiger partial charge in [-0.1, -0.05) is 12.7 Å². The number of hydrogen-bond acceptors (Lipinski definition) is 4. The molecule has 2 amide bonds. The van der Waals surface area contributed by atoms with E-state index in [1.54, 1.807) is 18.2 Å². The van der Waals surface area contributed by atoms with Crippen LogP contribution in [0, 0.1) is 5.41 Å². The Labute approximate surface area is 116 Å². The molecule has 0 fully saturated rings. The van der Waals surface area contributed by atoms with Crippen molar-refractivity contribution < 1.29 is 9.59 Å². The van der Waals surface area contributed by atoms with E-state index in [1.165, 1.54) is 11.8 Å². The molecule has 102 valence electrons. The normalized spacial score (nSPS) is 14.1.